The molecule has 2 fully saturated rings. The van der Waals surface area contributed by atoms with Gasteiger partial charge in [0.1, 0.15) is 12.2 Å². The Kier molecular flexibility index (Phi) is 23.1. The van der Waals surface area contributed by atoms with Gasteiger partial charge in [-0.05, 0) is 79.6 Å². The summed E-state index contributed by atoms with van der Waals surface area (Å²) in [5.74, 6) is -4.03. The van der Waals surface area contributed by atoms with E-state index in [2.05, 4.69) is 15.3 Å². The van der Waals surface area contributed by atoms with Crippen LogP contribution in [-0.4, -0.2) is 139 Å². The number of hydrogen-bond acceptors (Lipinski definition) is 15. The van der Waals surface area contributed by atoms with Gasteiger partial charge < -0.3 is 53.1 Å². The van der Waals surface area contributed by atoms with Crippen molar-refractivity contribution >= 4 is 30.1 Å². The van der Waals surface area contributed by atoms with Gasteiger partial charge >= 0.3 is 17.9 Å². The Bertz CT molecular complexity index is 1560. The van der Waals surface area contributed by atoms with Crippen LogP contribution in [0.3, 0.4) is 0 Å². The fraction of sp³-hybridized carbons (Fsp3) is 0.783. The Morgan fingerprint density at radius 3 is 2.08 bits per heavy atom. The third kappa shape index (κ3) is 15.7. The third-order valence-electron chi connectivity index (χ3n) is 12.0. The molecular formula is C46H78N4O13. The minimum atomic E-state index is -1.21. The first-order chi connectivity index (χ1) is 29.7. The van der Waals surface area contributed by atoms with Crippen molar-refractivity contribution < 1.29 is 61.9 Å². The number of carbonyl (C=O) groups is 5. The van der Waals surface area contributed by atoms with Gasteiger partial charge in [-0.3, -0.25) is 24.0 Å². The normalized spacial score (nSPS) is 37.5. The zero-order valence-corrected chi connectivity index (χ0v) is 40.6. The number of cyclic esters (lactones) is 1. The van der Waals surface area contributed by atoms with Crippen molar-refractivity contribution in [3.63, 3.8) is 0 Å². The van der Waals surface area contributed by atoms with E-state index >= 15 is 0 Å². The van der Waals surface area contributed by atoms with Crippen molar-refractivity contribution in [3.8, 4) is 0 Å². The van der Waals surface area contributed by atoms with Crippen molar-refractivity contribution in [2.45, 2.75) is 189 Å². The van der Waals surface area contributed by atoms with E-state index in [1.807, 2.05) is 60.5 Å². The van der Waals surface area contributed by atoms with Crippen LogP contribution in [0.4, 0.5) is 0 Å². The fourth-order valence-corrected chi connectivity index (χ4v) is 8.80. The lowest BCUT2D eigenvalue weighted by atomic mass is 9.81. The highest BCUT2D eigenvalue weighted by Gasteiger charge is 2.49. The molecule has 0 saturated carbocycles. The van der Waals surface area contributed by atoms with Crippen LogP contribution >= 0.6 is 0 Å². The second-order valence-electron chi connectivity index (χ2n) is 17.3. The molecule has 1 aromatic heterocycles. The van der Waals surface area contributed by atoms with E-state index in [0.29, 0.717) is 31.2 Å². The number of rotatable bonds is 11. The van der Waals surface area contributed by atoms with Crippen LogP contribution in [-0.2, 0) is 61.9 Å². The van der Waals surface area contributed by atoms with E-state index in [1.54, 1.807) is 59.4 Å². The number of hydrogen-bond donors (Lipinski definition) is 2. The van der Waals surface area contributed by atoms with E-state index < -0.39 is 96.5 Å². The number of Topliss-reactive ketones (excluding diaryl/α,β-unsaturated/α-hetero) is 1. The molecule has 0 radical (unpaired) electrons. The van der Waals surface area contributed by atoms with Gasteiger partial charge in [-0.15, -0.1) is 0 Å². The quantitative estimate of drug-likeness (QED) is 0.159. The lowest BCUT2D eigenvalue weighted by Gasteiger charge is -2.47. The molecule has 0 aliphatic carbocycles. The van der Waals surface area contributed by atoms with E-state index in [1.165, 1.54) is 21.0 Å². The number of likely N-dealkylation sites (N-methyl/N-ethyl adjacent to an activating group) is 1. The fourth-order valence-electron chi connectivity index (χ4n) is 8.80. The molecule has 63 heavy (non-hydrogen) atoms. The highest BCUT2D eigenvalue weighted by Crippen LogP contribution is 2.37. The number of nitrogens with zero attached hydrogens (tertiary/aromatic N) is 2. The van der Waals surface area contributed by atoms with Crippen LogP contribution in [0, 0.1) is 23.7 Å². The van der Waals surface area contributed by atoms with Gasteiger partial charge in [0, 0.05) is 57.5 Å². The van der Waals surface area contributed by atoms with Crippen LogP contribution in [0.5, 0.6) is 0 Å². The van der Waals surface area contributed by atoms with Crippen LogP contribution < -0.4 is 5.32 Å². The Morgan fingerprint density at radius 1 is 0.952 bits per heavy atom. The Labute approximate surface area is 375 Å². The summed E-state index contributed by atoms with van der Waals surface area (Å²) in [5.41, 5.74) is -0.829. The van der Waals surface area contributed by atoms with Crippen LogP contribution in [0.2, 0.25) is 0 Å². The summed E-state index contributed by atoms with van der Waals surface area (Å²) < 4.78 is 50.3. The standard InChI is InChI=1S/C41H68N2O13.C3H4N2.C2H6/c1-15-32-41(11,42-20-44)19-23(4)34(47)21(2)16-31(49-14)37(56-40-38(53-29(10)46)30(43(12)13)18-24(5)50-40)25(6)36(26(7)39(48)54-32)55-33-17-22(3)35(27(8)51-33)52-28(9)45;1-2-5-3-4-1;1-2/h19-22,24-27,30-33,35-38,40H,15-18H2,1-14H3,(H,42,44);1-3H,(H,4,5);1-2H3/b23-19+;;. The second kappa shape index (κ2) is 26.3. The molecule has 4 rings (SSSR count). The topological polar surface area (TPSA) is 203 Å². The maximum Gasteiger partial charge on any atom is 0.311 e. The van der Waals surface area contributed by atoms with Crippen LogP contribution in [0.25, 0.3) is 0 Å². The number of ether oxygens (including phenoxy) is 8. The monoisotopic (exact) mass is 895 g/mol. The van der Waals surface area contributed by atoms with Crippen molar-refractivity contribution in [2.24, 2.45) is 23.7 Å². The number of carbonyl (C=O) groups excluding carboxylic acids is 5. The zero-order chi connectivity index (χ0) is 47.8. The number of amides is 1. The number of allylic oxidation sites excluding steroid dienone is 1. The first-order valence-electron chi connectivity index (χ1n) is 22.4. The van der Waals surface area contributed by atoms with Gasteiger partial charge in [-0.1, -0.05) is 41.5 Å². The number of nitrogens with one attached hydrogen (secondary N) is 2. The van der Waals surface area contributed by atoms with Crippen LogP contribution in [0.1, 0.15) is 116 Å². The molecule has 17 heteroatoms. The third-order valence-corrected chi connectivity index (χ3v) is 12.0. The molecule has 3 aliphatic rings. The Balaban J connectivity index is 0.00000179. The number of ketones is 1. The minimum Gasteiger partial charge on any atom is -0.460 e. The number of esters is 3. The molecular weight excluding hydrogens is 817 g/mol. The summed E-state index contributed by atoms with van der Waals surface area (Å²) in [6.07, 6.45) is 1.29. The molecule has 3 aliphatic heterocycles. The SMILES string of the molecule is CC.CCC1OC(=O)C(C)C(OC2CC(C)C(OC(C)=O)C(C)O2)C(C)C(OC2OC(C)CC(N(C)C)C2OC(C)=O)C(OC)CC(C)C(=O)/C(C)=C/C1(C)NC=O.c1c[nH]cn1. The Hall–Kier alpha value is -3.74. The average Bonchev–Trinajstić information content (AvgIpc) is 3.82. The lowest BCUT2D eigenvalue weighted by Crippen LogP contribution is -2.59. The van der Waals surface area contributed by atoms with E-state index in [4.69, 9.17) is 37.9 Å². The van der Waals surface area contributed by atoms with Crippen molar-refractivity contribution in [1.29, 1.82) is 0 Å². The molecule has 0 aromatic carbocycles. The number of methoxy groups -OCH3 is 1. The number of H-pyrrole nitrogens is 1. The van der Waals surface area contributed by atoms with Crippen molar-refractivity contribution in [3.05, 3.63) is 30.4 Å². The smallest absolute Gasteiger partial charge is 0.311 e. The predicted molar refractivity (Wildman–Crippen MR) is 235 cm³/mol. The predicted octanol–water partition coefficient (Wildman–Crippen LogP) is 5.56. The zero-order valence-electron chi connectivity index (χ0n) is 40.6. The summed E-state index contributed by atoms with van der Waals surface area (Å²) >= 11 is 0. The molecule has 2 saturated heterocycles. The molecule has 1 amide bonds. The molecule has 360 valence electrons. The van der Waals surface area contributed by atoms with Crippen LogP contribution in [0.15, 0.2) is 30.4 Å². The van der Waals surface area contributed by atoms with Crippen molar-refractivity contribution in [1.82, 2.24) is 20.2 Å². The Morgan fingerprint density at radius 2 is 1.59 bits per heavy atom. The average molecular weight is 895 g/mol. The second-order valence-corrected chi connectivity index (χ2v) is 17.3. The number of aromatic amines is 1. The van der Waals surface area contributed by atoms with E-state index in [-0.39, 0.29) is 30.3 Å². The summed E-state index contributed by atoms with van der Waals surface area (Å²) in [6.45, 7) is 23.0. The first-order valence-corrected chi connectivity index (χ1v) is 22.4. The highest BCUT2D eigenvalue weighted by atomic mass is 16.7. The molecule has 0 bridgehead atoms. The van der Waals surface area contributed by atoms with Gasteiger partial charge in [0.15, 0.2) is 24.5 Å². The summed E-state index contributed by atoms with van der Waals surface area (Å²) in [5, 5.41) is 2.79. The highest BCUT2D eigenvalue weighted by molar-refractivity contribution is 5.96. The van der Waals surface area contributed by atoms with Crippen molar-refractivity contribution in [2.75, 3.05) is 21.2 Å². The largest absolute Gasteiger partial charge is 0.460 e. The maximum atomic E-state index is 14.4. The minimum absolute atomic E-state index is 0.145. The molecule has 17 nitrogen and oxygen atoms in total. The summed E-state index contributed by atoms with van der Waals surface area (Å²) in [7, 11) is 5.33. The van der Waals surface area contributed by atoms with E-state index in [9.17, 15) is 24.0 Å². The van der Waals surface area contributed by atoms with Gasteiger partial charge in [0.05, 0.1) is 54.3 Å². The molecule has 2 N–H and O–H groups in total. The summed E-state index contributed by atoms with van der Waals surface area (Å²) in [6, 6.07) is -0.249. The first kappa shape index (κ1) is 55.4. The van der Waals surface area contributed by atoms with Gasteiger partial charge in [0.2, 0.25) is 6.41 Å². The molecule has 1 aromatic rings. The van der Waals surface area contributed by atoms with E-state index in [0.717, 1.165) is 0 Å². The number of aromatic nitrogens is 2. The van der Waals surface area contributed by atoms with Gasteiger partial charge in [-0.25, -0.2) is 4.98 Å². The summed E-state index contributed by atoms with van der Waals surface area (Å²) in [4.78, 5) is 73.1. The molecule has 0 spiro atoms. The number of imidazole rings is 1. The molecule has 4 heterocycles. The van der Waals surface area contributed by atoms with Gasteiger partial charge in [-0.2, -0.15) is 0 Å². The lowest BCUT2D eigenvalue weighted by molar-refractivity contribution is -0.302. The molecule has 16 unspecified atom stereocenters. The van der Waals surface area contributed by atoms with Gasteiger partial charge in [0.25, 0.3) is 0 Å². The maximum absolute atomic E-state index is 14.4. The molecule has 16 atom stereocenters.